The Hall–Kier alpha value is -0.940. The number of aromatic nitrogens is 3. The maximum absolute atomic E-state index is 5.54. The third-order valence-electron chi connectivity index (χ3n) is 2.53. The van der Waals surface area contributed by atoms with Crippen LogP contribution in [0.3, 0.4) is 0 Å². The van der Waals surface area contributed by atoms with Crippen LogP contribution in [0.5, 0.6) is 0 Å². The van der Waals surface area contributed by atoms with Gasteiger partial charge in [-0.3, -0.25) is 0 Å². The summed E-state index contributed by atoms with van der Waals surface area (Å²) in [4.78, 5) is 8.99. The summed E-state index contributed by atoms with van der Waals surface area (Å²) >= 11 is 3.41. The fraction of sp³-hybridized carbons (Fsp3) is 0.455. The fourth-order valence-electron chi connectivity index (χ4n) is 1.79. The van der Waals surface area contributed by atoms with E-state index in [-0.39, 0.29) is 0 Å². The van der Waals surface area contributed by atoms with Crippen LogP contribution >= 0.6 is 15.9 Å². The third-order valence-corrected chi connectivity index (χ3v) is 2.97. The first-order valence-electron chi connectivity index (χ1n) is 5.47. The molecular weight excluding hydrogens is 268 g/mol. The van der Waals surface area contributed by atoms with Crippen molar-refractivity contribution in [1.29, 1.82) is 0 Å². The van der Waals surface area contributed by atoms with E-state index in [1.807, 2.05) is 12.3 Å². The molecule has 2 N–H and O–H groups in total. The number of hydrogen-bond acceptors (Lipinski definition) is 3. The van der Waals surface area contributed by atoms with Crippen molar-refractivity contribution in [3.8, 4) is 0 Å². The zero-order chi connectivity index (χ0) is 11.5. The molecule has 0 saturated carbocycles. The van der Waals surface area contributed by atoms with E-state index in [4.69, 9.17) is 5.73 Å². The Bertz CT molecular complexity index is 492. The highest BCUT2D eigenvalue weighted by Gasteiger charge is 2.10. The predicted molar refractivity (Wildman–Crippen MR) is 68.3 cm³/mol. The molecule has 0 aromatic carbocycles. The summed E-state index contributed by atoms with van der Waals surface area (Å²) in [6.45, 7) is 3.69. The summed E-state index contributed by atoms with van der Waals surface area (Å²) < 4.78 is 3.13. The molecule has 0 atom stereocenters. The maximum atomic E-state index is 5.54. The number of fused-ring (bicyclic) bond motifs is 1. The Morgan fingerprint density at radius 1 is 1.50 bits per heavy atom. The van der Waals surface area contributed by atoms with Crippen LogP contribution in [0.25, 0.3) is 11.2 Å². The molecule has 0 aliphatic carbocycles. The zero-order valence-corrected chi connectivity index (χ0v) is 10.9. The lowest BCUT2D eigenvalue weighted by Gasteiger charge is -2.05. The van der Waals surface area contributed by atoms with Crippen molar-refractivity contribution >= 4 is 27.1 Å². The number of pyridine rings is 1. The summed E-state index contributed by atoms with van der Waals surface area (Å²) in [6.07, 6.45) is 3.68. The summed E-state index contributed by atoms with van der Waals surface area (Å²) in [7, 11) is 0. The molecule has 0 radical (unpaired) electrons. The highest BCUT2D eigenvalue weighted by atomic mass is 79.9. The summed E-state index contributed by atoms with van der Waals surface area (Å²) in [5, 5.41) is 0. The Morgan fingerprint density at radius 2 is 2.31 bits per heavy atom. The van der Waals surface area contributed by atoms with Crippen LogP contribution in [-0.2, 0) is 13.0 Å². The number of nitrogens with two attached hydrogens (primary N) is 1. The van der Waals surface area contributed by atoms with Gasteiger partial charge in [0.15, 0.2) is 5.65 Å². The first-order chi connectivity index (χ1) is 7.76. The molecule has 4 nitrogen and oxygen atoms in total. The molecule has 0 spiro atoms. The molecule has 2 aromatic heterocycles. The van der Waals surface area contributed by atoms with Crippen molar-refractivity contribution in [2.24, 2.45) is 5.73 Å². The van der Waals surface area contributed by atoms with E-state index >= 15 is 0 Å². The zero-order valence-electron chi connectivity index (χ0n) is 9.28. The van der Waals surface area contributed by atoms with E-state index in [2.05, 4.69) is 37.4 Å². The van der Waals surface area contributed by atoms with Gasteiger partial charge in [0.1, 0.15) is 11.3 Å². The van der Waals surface area contributed by atoms with Gasteiger partial charge in [0.05, 0.1) is 0 Å². The van der Waals surface area contributed by atoms with Crippen molar-refractivity contribution < 1.29 is 0 Å². The van der Waals surface area contributed by atoms with Crippen LogP contribution in [0, 0.1) is 0 Å². The van der Waals surface area contributed by atoms with E-state index in [0.717, 1.165) is 40.8 Å². The van der Waals surface area contributed by atoms with Crippen LogP contribution in [0.4, 0.5) is 0 Å². The largest absolute Gasteiger partial charge is 0.330 e. The molecule has 0 fully saturated rings. The molecule has 16 heavy (non-hydrogen) atoms. The van der Waals surface area contributed by atoms with Crippen LogP contribution in [0.1, 0.15) is 19.2 Å². The van der Waals surface area contributed by atoms with Gasteiger partial charge < -0.3 is 10.3 Å². The minimum absolute atomic E-state index is 0.694. The number of aryl methyl sites for hydroxylation is 2. The van der Waals surface area contributed by atoms with Gasteiger partial charge in [-0.1, -0.05) is 6.92 Å². The number of hydrogen-bond donors (Lipinski definition) is 1. The molecule has 5 heteroatoms. The van der Waals surface area contributed by atoms with E-state index in [0.29, 0.717) is 6.54 Å². The average molecular weight is 283 g/mol. The molecule has 0 aliphatic heterocycles. The molecular formula is C11H15BrN4. The van der Waals surface area contributed by atoms with E-state index in [1.54, 1.807) is 0 Å². The number of imidazole rings is 1. The second kappa shape index (κ2) is 4.93. The number of rotatable bonds is 4. The minimum Gasteiger partial charge on any atom is -0.330 e. The highest BCUT2D eigenvalue weighted by molar-refractivity contribution is 9.10. The maximum Gasteiger partial charge on any atom is 0.160 e. The van der Waals surface area contributed by atoms with E-state index in [1.165, 1.54) is 0 Å². The molecule has 0 saturated heterocycles. The first-order valence-corrected chi connectivity index (χ1v) is 6.26. The SMILES string of the molecule is CCc1nc2cc(Br)cnc2n1CCCN. The van der Waals surface area contributed by atoms with Crippen molar-refractivity contribution in [3.63, 3.8) is 0 Å². The molecule has 0 unspecified atom stereocenters. The summed E-state index contributed by atoms with van der Waals surface area (Å²) in [5.74, 6) is 1.08. The summed E-state index contributed by atoms with van der Waals surface area (Å²) in [6, 6.07) is 2.00. The van der Waals surface area contributed by atoms with Crippen LogP contribution < -0.4 is 5.73 Å². The predicted octanol–water partition coefficient (Wildman–Crippen LogP) is 2.10. The van der Waals surface area contributed by atoms with Gasteiger partial charge in [-0.15, -0.1) is 0 Å². The van der Waals surface area contributed by atoms with Gasteiger partial charge in [-0.2, -0.15) is 0 Å². The molecule has 0 bridgehead atoms. The Kier molecular flexibility index (Phi) is 3.56. The quantitative estimate of drug-likeness (QED) is 0.935. The van der Waals surface area contributed by atoms with Gasteiger partial charge in [-0.05, 0) is 35.0 Å². The first kappa shape index (κ1) is 11.5. The molecule has 2 aromatic rings. The van der Waals surface area contributed by atoms with E-state index in [9.17, 15) is 0 Å². The summed E-state index contributed by atoms with van der Waals surface area (Å²) in [5.41, 5.74) is 7.44. The normalized spacial score (nSPS) is 11.2. The third kappa shape index (κ3) is 2.10. The van der Waals surface area contributed by atoms with Gasteiger partial charge in [0, 0.05) is 23.6 Å². The Morgan fingerprint density at radius 3 is 3.00 bits per heavy atom. The van der Waals surface area contributed by atoms with Gasteiger partial charge in [0.25, 0.3) is 0 Å². The second-order valence-corrected chi connectivity index (χ2v) is 4.59. The fourth-order valence-corrected chi connectivity index (χ4v) is 2.11. The lowest BCUT2D eigenvalue weighted by Crippen LogP contribution is -2.08. The molecule has 86 valence electrons. The Labute approximate surface area is 103 Å². The number of halogens is 1. The minimum atomic E-state index is 0.694. The van der Waals surface area contributed by atoms with Crippen molar-refractivity contribution in [2.45, 2.75) is 26.3 Å². The number of nitrogens with zero attached hydrogens (tertiary/aromatic N) is 3. The molecule has 2 rings (SSSR count). The van der Waals surface area contributed by atoms with Gasteiger partial charge in [-0.25, -0.2) is 9.97 Å². The lowest BCUT2D eigenvalue weighted by atomic mass is 10.4. The molecule has 0 aliphatic rings. The van der Waals surface area contributed by atoms with Gasteiger partial charge in [0.2, 0.25) is 0 Å². The smallest absolute Gasteiger partial charge is 0.160 e. The topological polar surface area (TPSA) is 56.7 Å². The lowest BCUT2D eigenvalue weighted by molar-refractivity contribution is 0.632. The van der Waals surface area contributed by atoms with Crippen molar-refractivity contribution in [1.82, 2.24) is 14.5 Å². The van der Waals surface area contributed by atoms with Gasteiger partial charge >= 0.3 is 0 Å². The van der Waals surface area contributed by atoms with E-state index < -0.39 is 0 Å². The van der Waals surface area contributed by atoms with Crippen LogP contribution in [0.2, 0.25) is 0 Å². The second-order valence-electron chi connectivity index (χ2n) is 3.67. The Balaban J connectivity index is 2.50. The van der Waals surface area contributed by atoms with Crippen molar-refractivity contribution in [2.75, 3.05) is 6.54 Å². The van der Waals surface area contributed by atoms with Crippen LogP contribution in [-0.4, -0.2) is 21.1 Å². The highest BCUT2D eigenvalue weighted by Crippen LogP contribution is 2.19. The van der Waals surface area contributed by atoms with Crippen molar-refractivity contribution in [3.05, 3.63) is 22.6 Å². The molecule has 0 amide bonds. The molecule has 2 heterocycles. The standard InChI is InChI=1S/C11H15BrN4/c1-2-10-15-9-6-8(12)7-14-11(9)16(10)5-3-4-13/h6-7H,2-5,13H2,1H3. The average Bonchev–Trinajstić information content (AvgIpc) is 2.63. The van der Waals surface area contributed by atoms with Crippen LogP contribution in [0.15, 0.2) is 16.7 Å². The monoisotopic (exact) mass is 282 g/mol.